The Bertz CT molecular complexity index is 934. The first kappa shape index (κ1) is 24.6. The minimum Gasteiger partial charge on any atom is -0.497 e. The molecule has 2 aliphatic rings. The Morgan fingerprint density at radius 1 is 1.19 bits per heavy atom. The molecule has 0 aliphatic carbocycles. The second kappa shape index (κ2) is 8.10. The van der Waals surface area contributed by atoms with Gasteiger partial charge < -0.3 is 19.0 Å². The van der Waals surface area contributed by atoms with E-state index >= 15 is 0 Å². The number of nitriles is 1. The Morgan fingerprint density at radius 2 is 1.75 bits per heavy atom. The van der Waals surface area contributed by atoms with Crippen LogP contribution in [0.15, 0.2) is 24.3 Å². The van der Waals surface area contributed by atoms with Crippen molar-refractivity contribution in [2.45, 2.75) is 82.3 Å². The first-order chi connectivity index (χ1) is 14.7. The van der Waals surface area contributed by atoms with Gasteiger partial charge in [-0.15, -0.1) is 0 Å². The van der Waals surface area contributed by atoms with Crippen LogP contribution >= 0.6 is 0 Å². The molecule has 0 saturated carbocycles. The highest BCUT2D eigenvalue weighted by Crippen LogP contribution is 2.55. The third-order valence-electron chi connectivity index (χ3n) is 6.50. The molecule has 0 radical (unpaired) electrons. The molecule has 4 atom stereocenters. The third kappa shape index (κ3) is 4.05. The number of carbonyl (C=O) groups is 2. The summed E-state index contributed by atoms with van der Waals surface area (Å²) in [6.07, 6.45) is 0.433. The lowest BCUT2D eigenvalue weighted by molar-refractivity contribution is -0.177. The van der Waals surface area contributed by atoms with Gasteiger partial charge in [-0.05, 0) is 17.7 Å². The van der Waals surface area contributed by atoms with Gasteiger partial charge in [0.1, 0.15) is 28.3 Å². The van der Waals surface area contributed by atoms with Gasteiger partial charge in [0.25, 0.3) is 0 Å². The number of fused-ring (bicyclic) bond motifs is 2. The van der Waals surface area contributed by atoms with Gasteiger partial charge in [-0.3, -0.25) is 9.59 Å². The molecule has 2 aliphatic heterocycles. The van der Waals surface area contributed by atoms with E-state index in [1.165, 1.54) is 6.92 Å². The lowest BCUT2D eigenvalue weighted by Gasteiger charge is -2.55. The Labute approximate surface area is 193 Å². The third-order valence-corrected chi connectivity index (χ3v) is 14.0. The van der Waals surface area contributed by atoms with Crippen LogP contribution < -0.4 is 10.1 Å². The van der Waals surface area contributed by atoms with E-state index in [1.54, 1.807) is 7.11 Å². The SMILES string of the molecule is COc1ccc([C@@H]2C[C@@]3(NC(C)=O)O[C@]2(C#N)C(N([Si](C)(C)C)[Si](C)(C)C)CC3=O)cc1. The van der Waals surface area contributed by atoms with E-state index < -0.39 is 27.8 Å². The molecule has 9 heteroatoms. The maximum atomic E-state index is 13.5. The fourth-order valence-corrected chi connectivity index (χ4v) is 16.3. The molecule has 1 aromatic rings. The number of amides is 1. The largest absolute Gasteiger partial charge is 0.497 e. The predicted octanol–water partition coefficient (Wildman–Crippen LogP) is 3.61. The fraction of sp³-hybridized carbons (Fsp3) is 0.609. The molecular formula is C23H35N3O4Si2. The van der Waals surface area contributed by atoms with Crippen LogP contribution in [-0.4, -0.2) is 56.9 Å². The van der Waals surface area contributed by atoms with Crippen molar-refractivity contribution in [1.29, 1.82) is 5.26 Å². The van der Waals surface area contributed by atoms with Crippen molar-refractivity contribution in [3.8, 4) is 11.8 Å². The molecule has 3 rings (SSSR count). The molecule has 1 amide bonds. The summed E-state index contributed by atoms with van der Waals surface area (Å²) in [5.74, 6) is -0.138. The van der Waals surface area contributed by atoms with Crippen LogP contribution in [0.2, 0.25) is 39.3 Å². The topological polar surface area (TPSA) is 91.7 Å². The van der Waals surface area contributed by atoms with Crippen molar-refractivity contribution >= 4 is 28.2 Å². The van der Waals surface area contributed by atoms with Crippen LogP contribution in [0.1, 0.15) is 31.2 Å². The van der Waals surface area contributed by atoms with E-state index in [2.05, 4.69) is 54.9 Å². The predicted molar refractivity (Wildman–Crippen MR) is 128 cm³/mol. The summed E-state index contributed by atoms with van der Waals surface area (Å²) in [5, 5.41) is 13.4. The summed E-state index contributed by atoms with van der Waals surface area (Å²) in [6, 6.07) is 9.75. The molecule has 174 valence electrons. The molecule has 0 spiro atoms. The van der Waals surface area contributed by atoms with E-state index in [1.807, 2.05) is 24.3 Å². The van der Waals surface area contributed by atoms with Crippen LogP contribution in [-0.2, 0) is 14.3 Å². The second-order valence-corrected chi connectivity index (χ2v) is 21.0. The Balaban J connectivity index is 2.22. The lowest BCUT2D eigenvalue weighted by Crippen LogP contribution is -2.73. The number of hydrogen-bond acceptors (Lipinski definition) is 6. The van der Waals surface area contributed by atoms with Crippen molar-refractivity contribution in [2.75, 3.05) is 7.11 Å². The van der Waals surface area contributed by atoms with Crippen LogP contribution in [0.4, 0.5) is 0 Å². The number of carbonyl (C=O) groups excluding carboxylic acids is 2. The van der Waals surface area contributed by atoms with Gasteiger partial charge in [-0.25, -0.2) is 0 Å². The maximum Gasteiger partial charge on any atom is 0.219 e. The van der Waals surface area contributed by atoms with Crippen molar-refractivity contribution in [2.24, 2.45) is 0 Å². The summed E-state index contributed by atoms with van der Waals surface area (Å²) in [7, 11) is -2.27. The molecule has 2 fully saturated rings. The number of rotatable bonds is 6. The number of hydrogen-bond donors (Lipinski definition) is 1. The smallest absolute Gasteiger partial charge is 0.219 e. The Morgan fingerprint density at radius 3 is 2.19 bits per heavy atom. The summed E-state index contributed by atoms with van der Waals surface area (Å²) in [4.78, 5) is 25.6. The van der Waals surface area contributed by atoms with E-state index in [9.17, 15) is 14.9 Å². The van der Waals surface area contributed by atoms with Gasteiger partial charge in [-0.2, -0.15) is 5.26 Å². The molecule has 1 aromatic carbocycles. The van der Waals surface area contributed by atoms with Gasteiger partial charge in [-0.1, -0.05) is 51.4 Å². The highest BCUT2D eigenvalue weighted by molar-refractivity contribution is 6.89. The van der Waals surface area contributed by atoms with Gasteiger partial charge in [0.2, 0.25) is 11.6 Å². The van der Waals surface area contributed by atoms with E-state index in [0.717, 1.165) is 11.3 Å². The van der Waals surface area contributed by atoms with E-state index in [0.29, 0.717) is 0 Å². The fourth-order valence-electron chi connectivity index (χ4n) is 5.84. The van der Waals surface area contributed by atoms with Gasteiger partial charge in [0.05, 0.1) is 7.11 Å². The minimum atomic E-state index is -1.94. The standard InChI is InChI=1S/C23H35N3O4Si2/c1-16(27)25-23-14-19(17-9-11-18(29-2)12-10-17)22(15-24,30-23)20(13-21(23)28)26(31(3,4)5)32(6,7)8/h9-12,19-20H,13-14H2,1-8H3,(H,25,27)/t19-,20?,22-,23+/m0/s1. The zero-order valence-corrected chi connectivity index (χ0v) is 22.4. The molecule has 0 aromatic heterocycles. The second-order valence-electron chi connectivity index (χ2n) is 10.9. The highest BCUT2D eigenvalue weighted by Gasteiger charge is 2.69. The summed E-state index contributed by atoms with van der Waals surface area (Å²) in [5.41, 5.74) is -1.80. The van der Waals surface area contributed by atoms with Crippen molar-refractivity contribution in [1.82, 2.24) is 9.55 Å². The number of methoxy groups -OCH3 is 1. The normalized spacial score (nSPS) is 30.2. The number of nitrogens with one attached hydrogen (secondary N) is 1. The monoisotopic (exact) mass is 473 g/mol. The Kier molecular flexibility index (Phi) is 6.23. The van der Waals surface area contributed by atoms with Crippen molar-refractivity contribution in [3.05, 3.63) is 29.8 Å². The molecular weight excluding hydrogens is 438 g/mol. The highest BCUT2D eigenvalue weighted by atomic mass is 28.4. The zero-order valence-electron chi connectivity index (χ0n) is 20.4. The van der Waals surface area contributed by atoms with Crippen LogP contribution in [0.25, 0.3) is 0 Å². The van der Waals surface area contributed by atoms with Crippen molar-refractivity contribution in [3.63, 3.8) is 0 Å². The van der Waals surface area contributed by atoms with Gasteiger partial charge in [0.15, 0.2) is 11.4 Å². The first-order valence-electron chi connectivity index (χ1n) is 11.1. The van der Waals surface area contributed by atoms with Crippen LogP contribution in [0, 0.1) is 11.3 Å². The number of nitrogens with zero attached hydrogens (tertiary/aromatic N) is 2. The molecule has 1 unspecified atom stereocenters. The summed E-state index contributed by atoms with van der Waals surface area (Å²) < 4.78 is 14.3. The molecule has 32 heavy (non-hydrogen) atoms. The average Bonchev–Trinajstić information content (AvgIpc) is 2.97. The zero-order chi connectivity index (χ0) is 24.1. The first-order valence-corrected chi connectivity index (χ1v) is 18.0. The number of ketones is 1. The maximum absolute atomic E-state index is 13.5. The number of Topliss-reactive ketones (excluding diaryl/α,β-unsaturated/α-hetero) is 1. The number of ether oxygens (including phenoxy) is 2. The molecule has 2 saturated heterocycles. The van der Waals surface area contributed by atoms with Crippen molar-refractivity contribution < 1.29 is 19.1 Å². The van der Waals surface area contributed by atoms with Crippen LogP contribution in [0.3, 0.4) is 0 Å². The average molecular weight is 474 g/mol. The van der Waals surface area contributed by atoms with Gasteiger partial charge >= 0.3 is 0 Å². The van der Waals surface area contributed by atoms with E-state index in [-0.39, 0.29) is 36.5 Å². The molecule has 7 nitrogen and oxygen atoms in total. The number of benzene rings is 1. The Hall–Kier alpha value is -2.00. The molecule has 2 heterocycles. The van der Waals surface area contributed by atoms with E-state index in [4.69, 9.17) is 9.47 Å². The lowest BCUT2D eigenvalue weighted by atomic mass is 9.78. The van der Waals surface area contributed by atoms with Crippen LogP contribution in [0.5, 0.6) is 5.75 Å². The molecule has 1 N–H and O–H groups in total. The van der Waals surface area contributed by atoms with Gasteiger partial charge in [0, 0.05) is 31.7 Å². The summed E-state index contributed by atoms with van der Waals surface area (Å²) in [6.45, 7) is 14.9. The quantitative estimate of drug-likeness (QED) is 0.635. The minimum absolute atomic E-state index is 0.152. The molecule has 2 bridgehead atoms. The summed E-state index contributed by atoms with van der Waals surface area (Å²) >= 11 is 0.